The number of piperidine rings is 2. The van der Waals surface area contributed by atoms with Crippen molar-refractivity contribution in [2.45, 2.75) is 44.8 Å². The van der Waals surface area contributed by atoms with Crippen LogP contribution < -0.4 is 4.74 Å². The number of hydrogen-bond acceptors (Lipinski definition) is 4. The maximum Gasteiger partial charge on any atom is 0.119 e. The molecule has 0 saturated carbocycles. The summed E-state index contributed by atoms with van der Waals surface area (Å²) < 4.78 is 6.04. The van der Waals surface area contributed by atoms with Crippen LogP contribution in [0.25, 0.3) is 0 Å². The van der Waals surface area contributed by atoms with Gasteiger partial charge in [-0.05, 0) is 56.8 Å². The van der Waals surface area contributed by atoms with E-state index in [2.05, 4.69) is 16.7 Å². The molecule has 24 heavy (non-hydrogen) atoms. The first-order valence-electron chi connectivity index (χ1n) is 9.53. The van der Waals surface area contributed by atoms with Crippen LogP contribution in [0.15, 0.2) is 30.3 Å². The molecule has 2 saturated heterocycles. The van der Waals surface area contributed by atoms with E-state index in [9.17, 15) is 5.11 Å². The van der Waals surface area contributed by atoms with E-state index in [1.54, 1.807) is 0 Å². The number of rotatable bonds is 6. The van der Waals surface area contributed by atoms with Gasteiger partial charge in [-0.25, -0.2) is 0 Å². The Morgan fingerprint density at radius 3 is 2.08 bits per heavy atom. The van der Waals surface area contributed by atoms with Crippen LogP contribution in [0.5, 0.6) is 5.75 Å². The largest absolute Gasteiger partial charge is 0.490 e. The van der Waals surface area contributed by atoms with Gasteiger partial charge in [0, 0.05) is 26.2 Å². The highest BCUT2D eigenvalue weighted by Gasteiger charge is 2.24. The Morgan fingerprint density at radius 2 is 1.50 bits per heavy atom. The third-order valence-corrected chi connectivity index (χ3v) is 5.39. The van der Waals surface area contributed by atoms with Crippen LogP contribution in [0.4, 0.5) is 0 Å². The van der Waals surface area contributed by atoms with Gasteiger partial charge in [-0.1, -0.05) is 25.1 Å². The molecule has 1 unspecified atom stereocenters. The van der Waals surface area contributed by atoms with Gasteiger partial charge >= 0.3 is 0 Å². The minimum absolute atomic E-state index is 0.231. The number of likely N-dealkylation sites (tertiary alicyclic amines) is 2. The van der Waals surface area contributed by atoms with E-state index in [4.69, 9.17) is 4.74 Å². The Hall–Kier alpha value is -1.10. The number of aliphatic hydroxyl groups excluding tert-OH is 1. The molecule has 0 spiro atoms. The fraction of sp³-hybridized carbons (Fsp3) is 0.700. The van der Waals surface area contributed by atoms with Crippen LogP contribution in [0, 0.1) is 5.92 Å². The monoisotopic (exact) mass is 332 g/mol. The molecule has 1 atom stereocenters. The number of ether oxygens (including phenoxy) is 1. The fourth-order valence-corrected chi connectivity index (χ4v) is 3.80. The molecule has 1 aromatic carbocycles. The molecule has 0 bridgehead atoms. The third kappa shape index (κ3) is 5.47. The van der Waals surface area contributed by atoms with Gasteiger partial charge in [0.2, 0.25) is 0 Å². The molecule has 0 aliphatic carbocycles. The van der Waals surface area contributed by atoms with Crippen LogP contribution in [0.3, 0.4) is 0 Å². The smallest absolute Gasteiger partial charge is 0.119 e. The van der Waals surface area contributed by atoms with Gasteiger partial charge in [0.1, 0.15) is 11.9 Å². The third-order valence-electron chi connectivity index (χ3n) is 5.39. The SMILES string of the molecule is CC1CCN(CC(O)CN2CCC(Oc3ccccc3)CC2)CC1. The highest BCUT2D eigenvalue weighted by Crippen LogP contribution is 2.19. The highest BCUT2D eigenvalue weighted by atomic mass is 16.5. The van der Waals surface area contributed by atoms with Crippen LogP contribution in [0.1, 0.15) is 32.6 Å². The lowest BCUT2D eigenvalue weighted by Crippen LogP contribution is -2.46. The maximum absolute atomic E-state index is 10.4. The molecular formula is C20H32N2O2. The van der Waals surface area contributed by atoms with Crippen molar-refractivity contribution in [3.8, 4) is 5.75 Å². The molecule has 4 nitrogen and oxygen atoms in total. The molecule has 2 heterocycles. The lowest BCUT2D eigenvalue weighted by Gasteiger charge is -2.35. The number of nitrogens with zero attached hydrogens (tertiary/aromatic N) is 2. The standard InChI is InChI=1S/C20H32N2O2/c1-17-7-11-21(12-8-17)15-18(23)16-22-13-9-20(10-14-22)24-19-5-3-2-4-6-19/h2-6,17-18,20,23H,7-16H2,1H3. The number of para-hydroxylation sites is 1. The van der Waals surface area contributed by atoms with Crippen molar-refractivity contribution in [3.63, 3.8) is 0 Å². The lowest BCUT2D eigenvalue weighted by molar-refractivity contribution is 0.0377. The Balaban J connectivity index is 1.34. The van der Waals surface area contributed by atoms with Gasteiger partial charge in [0.25, 0.3) is 0 Å². The Labute approximate surface area is 146 Å². The van der Waals surface area contributed by atoms with E-state index in [-0.39, 0.29) is 6.10 Å². The van der Waals surface area contributed by atoms with Crippen molar-refractivity contribution in [3.05, 3.63) is 30.3 Å². The molecule has 2 aliphatic heterocycles. The van der Waals surface area contributed by atoms with Crippen molar-refractivity contribution < 1.29 is 9.84 Å². The molecule has 134 valence electrons. The predicted molar refractivity (Wildman–Crippen MR) is 97.4 cm³/mol. The molecule has 3 rings (SSSR count). The molecular weight excluding hydrogens is 300 g/mol. The summed E-state index contributed by atoms with van der Waals surface area (Å²) in [6, 6.07) is 10.1. The maximum atomic E-state index is 10.4. The lowest BCUT2D eigenvalue weighted by atomic mass is 9.99. The van der Waals surface area contributed by atoms with E-state index >= 15 is 0 Å². The first kappa shape index (κ1) is 17.7. The summed E-state index contributed by atoms with van der Waals surface area (Å²) in [6.07, 6.45) is 4.71. The highest BCUT2D eigenvalue weighted by molar-refractivity contribution is 5.21. The zero-order valence-corrected chi connectivity index (χ0v) is 14.9. The van der Waals surface area contributed by atoms with Crippen molar-refractivity contribution >= 4 is 0 Å². The Morgan fingerprint density at radius 1 is 0.958 bits per heavy atom. The number of benzene rings is 1. The van der Waals surface area contributed by atoms with Crippen LogP contribution in [0.2, 0.25) is 0 Å². The average Bonchev–Trinajstić information content (AvgIpc) is 2.60. The molecule has 0 radical (unpaired) electrons. The van der Waals surface area contributed by atoms with Crippen LogP contribution in [-0.2, 0) is 0 Å². The van der Waals surface area contributed by atoms with Crippen molar-refractivity contribution in [1.82, 2.24) is 9.80 Å². The minimum atomic E-state index is -0.231. The van der Waals surface area contributed by atoms with Crippen LogP contribution in [-0.4, -0.2) is 66.4 Å². The predicted octanol–water partition coefficient (Wildman–Crippen LogP) is 2.62. The van der Waals surface area contributed by atoms with Gasteiger partial charge in [-0.3, -0.25) is 0 Å². The second-order valence-corrected chi connectivity index (χ2v) is 7.57. The van der Waals surface area contributed by atoms with E-state index in [1.807, 2.05) is 30.3 Å². The second kappa shape index (κ2) is 8.84. The van der Waals surface area contributed by atoms with Gasteiger partial charge < -0.3 is 19.6 Å². The van der Waals surface area contributed by atoms with Gasteiger partial charge in [-0.15, -0.1) is 0 Å². The van der Waals surface area contributed by atoms with Gasteiger partial charge in [0.05, 0.1) is 6.10 Å². The summed E-state index contributed by atoms with van der Waals surface area (Å²) in [5.74, 6) is 1.82. The molecule has 1 aromatic rings. The van der Waals surface area contributed by atoms with E-state index in [0.717, 1.165) is 63.8 Å². The second-order valence-electron chi connectivity index (χ2n) is 7.57. The molecule has 1 N–H and O–H groups in total. The first-order chi connectivity index (χ1) is 11.7. The normalized spacial score (nSPS) is 23.2. The zero-order valence-electron chi connectivity index (χ0n) is 14.9. The molecule has 2 aliphatic rings. The summed E-state index contributed by atoms with van der Waals surface area (Å²) in [4.78, 5) is 4.82. The number of β-amino-alcohol motifs (C(OH)–C–C–N with tert-alkyl or cyclic N) is 1. The average molecular weight is 332 g/mol. The van der Waals surface area contributed by atoms with Crippen molar-refractivity contribution in [1.29, 1.82) is 0 Å². The minimum Gasteiger partial charge on any atom is -0.490 e. The summed E-state index contributed by atoms with van der Waals surface area (Å²) in [5.41, 5.74) is 0. The fourth-order valence-electron chi connectivity index (χ4n) is 3.80. The Bertz CT molecular complexity index is 466. The molecule has 0 amide bonds. The van der Waals surface area contributed by atoms with Crippen LogP contribution >= 0.6 is 0 Å². The summed E-state index contributed by atoms with van der Waals surface area (Å²) in [5, 5.41) is 10.4. The summed E-state index contributed by atoms with van der Waals surface area (Å²) in [6.45, 7) is 8.28. The number of aliphatic hydroxyl groups is 1. The van der Waals surface area contributed by atoms with Crippen molar-refractivity contribution in [2.24, 2.45) is 5.92 Å². The van der Waals surface area contributed by atoms with E-state index in [1.165, 1.54) is 12.8 Å². The quantitative estimate of drug-likeness (QED) is 0.869. The van der Waals surface area contributed by atoms with Crippen molar-refractivity contribution in [2.75, 3.05) is 39.3 Å². The van der Waals surface area contributed by atoms with E-state index < -0.39 is 0 Å². The van der Waals surface area contributed by atoms with E-state index in [0.29, 0.717) is 6.10 Å². The first-order valence-corrected chi connectivity index (χ1v) is 9.53. The number of hydrogen-bond donors (Lipinski definition) is 1. The zero-order chi connectivity index (χ0) is 16.8. The molecule has 2 fully saturated rings. The molecule has 4 heteroatoms. The summed E-state index contributed by atoms with van der Waals surface area (Å²) >= 11 is 0. The van der Waals surface area contributed by atoms with Gasteiger partial charge in [0.15, 0.2) is 0 Å². The summed E-state index contributed by atoms with van der Waals surface area (Å²) in [7, 11) is 0. The Kier molecular flexibility index (Phi) is 6.52. The van der Waals surface area contributed by atoms with Gasteiger partial charge in [-0.2, -0.15) is 0 Å². The topological polar surface area (TPSA) is 35.9 Å². The molecule has 0 aromatic heterocycles.